The summed E-state index contributed by atoms with van der Waals surface area (Å²) in [5, 5.41) is 0.650. The maximum Gasteiger partial charge on any atom is 0.129 e. The fourth-order valence-electron chi connectivity index (χ4n) is 1.95. The first-order valence-electron chi connectivity index (χ1n) is 6.29. The molecular formula is C16H13ClN2O. The van der Waals surface area contributed by atoms with Crippen molar-refractivity contribution in [1.29, 1.82) is 0 Å². The number of benzene rings is 2. The Morgan fingerprint density at radius 3 is 2.60 bits per heavy atom. The summed E-state index contributed by atoms with van der Waals surface area (Å²) >= 11 is 6.18. The van der Waals surface area contributed by atoms with Gasteiger partial charge in [-0.2, -0.15) is 0 Å². The Labute approximate surface area is 122 Å². The fraction of sp³-hybridized carbons (Fsp3) is 0.0625. The lowest BCUT2D eigenvalue weighted by Crippen LogP contribution is -2.22. The number of ether oxygens (including phenoxy) is 1. The maximum atomic E-state index is 6.18. The summed E-state index contributed by atoms with van der Waals surface area (Å²) < 4.78 is 5.82. The Hall–Kier alpha value is -2.26. The summed E-state index contributed by atoms with van der Waals surface area (Å²) in [4.78, 5) is 6.11. The predicted molar refractivity (Wildman–Crippen MR) is 82.7 cm³/mol. The number of aliphatic imine (C=N–C) groups is 1. The molecule has 0 saturated carbocycles. The topological polar surface area (TPSA) is 24.8 Å². The number of rotatable bonds is 3. The fourth-order valence-corrected chi connectivity index (χ4v) is 2.15. The van der Waals surface area contributed by atoms with Gasteiger partial charge in [0.15, 0.2) is 0 Å². The zero-order valence-corrected chi connectivity index (χ0v) is 11.5. The number of anilines is 1. The van der Waals surface area contributed by atoms with Crippen molar-refractivity contribution in [3.05, 3.63) is 65.8 Å². The van der Waals surface area contributed by atoms with E-state index in [0.29, 0.717) is 11.8 Å². The van der Waals surface area contributed by atoms with Crippen LogP contribution in [0.2, 0.25) is 0 Å². The summed E-state index contributed by atoms with van der Waals surface area (Å²) in [5.74, 6) is 1.58. The number of allylic oxidation sites excluding steroid dienone is 1. The number of hydrogen-bond acceptors (Lipinski definition) is 3. The van der Waals surface area contributed by atoms with Crippen LogP contribution in [0.4, 0.5) is 5.69 Å². The van der Waals surface area contributed by atoms with Gasteiger partial charge in [0.2, 0.25) is 0 Å². The molecular weight excluding hydrogens is 272 g/mol. The monoisotopic (exact) mass is 284 g/mol. The molecule has 100 valence electrons. The van der Waals surface area contributed by atoms with Gasteiger partial charge in [0, 0.05) is 18.0 Å². The zero-order chi connectivity index (χ0) is 13.8. The van der Waals surface area contributed by atoms with Gasteiger partial charge in [-0.1, -0.05) is 35.9 Å². The highest BCUT2D eigenvalue weighted by Crippen LogP contribution is 2.29. The van der Waals surface area contributed by atoms with E-state index in [1.165, 1.54) is 0 Å². The van der Waals surface area contributed by atoms with Crippen molar-refractivity contribution in [2.75, 3.05) is 11.6 Å². The standard InChI is InChI=1S/C16H13ClN2O/c17-16-9-10-18-12-19(16)13-5-4-8-15(11-13)20-14-6-2-1-3-7-14/h1-11H,12H2. The van der Waals surface area contributed by atoms with Crippen LogP contribution in [0.5, 0.6) is 11.5 Å². The molecule has 0 fully saturated rings. The molecule has 20 heavy (non-hydrogen) atoms. The normalized spacial score (nSPS) is 14.1. The van der Waals surface area contributed by atoms with Crippen LogP contribution in [-0.4, -0.2) is 12.9 Å². The predicted octanol–water partition coefficient (Wildman–Crippen LogP) is 4.41. The van der Waals surface area contributed by atoms with Crippen LogP contribution in [-0.2, 0) is 0 Å². The van der Waals surface area contributed by atoms with Gasteiger partial charge in [0.05, 0.1) is 0 Å². The number of para-hydroxylation sites is 1. The summed E-state index contributed by atoms with van der Waals surface area (Å²) in [5.41, 5.74) is 0.955. The molecule has 3 rings (SSSR count). The van der Waals surface area contributed by atoms with Gasteiger partial charge in [-0.3, -0.25) is 4.99 Å². The van der Waals surface area contributed by atoms with Gasteiger partial charge in [-0.15, -0.1) is 0 Å². The van der Waals surface area contributed by atoms with Crippen molar-refractivity contribution in [1.82, 2.24) is 0 Å². The third-order valence-electron chi connectivity index (χ3n) is 2.91. The molecule has 0 radical (unpaired) electrons. The minimum Gasteiger partial charge on any atom is -0.457 e. The van der Waals surface area contributed by atoms with Crippen LogP contribution in [0.3, 0.4) is 0 Å². The Morgan fingerprint density at radius 1 is 1.00 bits per heavy atom. The van der Waals surface area contributed by atoms with Crippen LogP contribution in [0, 0.1) is 0 Å². The van der Waals surface area contributed by atoms with E-state index < -0.39 is 0 Å². The number of halogens is 1. The van der Waals surface area contributed by atoms with Crippen LogP contribution < -0.4 is 9.64 Å². The Kier molecular flexibility index (Phi) is 3.70. The summed E-state index contributed by atoms with van der Waals surface area (Å²) in [7, 11) is 0. The first-order valence-corrected chi connectivity index (χ1v) is 6.67. The van der Waals surface area contributed by atoms with Gasteiger partial charge in [0.25, 0.3) is 0 Å². The van der Waals surface area contributed by atoms with E-state index in [4.69, 9.17) is 16.3 Å². The van der Waals surface area contributed by atoms with Crippen LogP contribution >= 0.6 is 11.6 Å². The average Bonchev–Trinajstić information content (AvgIpc) is 2.49. The quantitative estimate of drug-likeness (QED) is 0.780. The second-order valence-corrected chi connectivity index (χ2v) is 4.69. The van der Waals surface area contributed by atoms with E-state index >= 15 is 0 Å². The minimum atomic E-state index is 0.518. The molecule has 0 aromatic heterocycles. The number of nitrogens with zero attached hydrogens (tertiary/aromatic N) is 2. The van der Waals surface area contributed by atoms with Crippen molar-refractivity contribution in [2.45, 2.75) is 0 Å². The Bertz CT molecular complexity index is 653. The van der Waals surface area contributed by atoms with Gasteiger partial charge < -0.3 is 9.64 Å². The number of hydrogen-bond donors (Lipinski definition) is 0. The molecule has 4 heteroatoms. The van der Waals surface area contributed by atoms with Crippen LogP contribution in [0.25, 0.3) is 0 Å². The zero-order valence-electron chi connectivity index (χ0n) is 10.7. The Balaban J connectivity index is 1.83. The highest BCUT2D eigenvalue weighted by atomic mass is 35.5. The van der Waals surface area contributed by atoms with E-state index in [9.17, 15) is 0 Å². The van der Waals surface area contributed by atoms with Crippen LogP contribution in [0.15, 0.2) is 70.8 Å². The molecule has 0 atom stereocenters. The van der Waals surface area contributed by atoms with Gasteiger partial charge in [-0.25, -0.2) is 0 Å². The molecule has 1 aliphatic heterocycles. The molecule has 0 unspecified atom stereocenters. The van der Waals surface area contributed by atoms with E-state index in [1.54, 1.807) is 12.3 Å². The van der Waals surface area contributed by atoms with E-state index in [0.717, 1.165) is 17.2 Å². The van der Waals surface area contributed by atoms with E-state index in [1.807, 2.05) is 59.5 Å². The molecule has 0 bridgehead atoms. The Morgan fingerprint density at radius 2 is 1.80 bits per heavy atom. The highest BCUT2D eigenvalue weighted by molar-refractivity contribution is 6.32. The smallest absolute Gasteiger partial charge is 0.129 e. The molecule has 2 aromatic rings. The highest BCUT2D eigenvalue weighted by Gasteiger charge is 2.12. The third-order valence-corrected chi connectivity index (χ3v) is 3.24. The van der Waals surface area contributed by atoms with Gasteiger partial charge in [-0.05, 0) is 30.3 Å². The lowest BCUT2D eigenvalue weighted by atomic mass is 10.2. The third kappa shape index (κ3) is 2.83. The minimum absolute atomic E-state index is 0.518. The summed E-state index contributed by atoms with van der Waals surface area (Å²) in [6.07, 6.45) is 3.49. The second kappa shape index (κ2) is 5.80. The van der Waals surface area contributed by atoms with Gasteiger partial charge in [0.1, 0.15) is 23.3 Å². The molecule has 1 heterocycles. The molecule has 1 aliphatic rings. The van der Waals surface area contributed by atoms with Gasteiger partial charge >= 0.3 is 0 Å². The summed E-state index contributed by atoms with van der Waals surface area (Å²) in [6, 6.07) is 17.5. The lowest BCUT2D eigenvalue weighted by molar-refractivity contribution is 0.482. The molecule has 0 aliphatic carbocycles. The lowest BCUT2D eigenvalue weighted by Gasteiger charge is -2.24. The molecule has 0 amide bonds. The average molecular weight is 285 g/mol. The molecule has 0 N–H and O–H groups in total. The molecule has 2 aromatic carbocycles. The molecule has 3 nitrogen and oxygen atoms in total. The van der Waals surface area contributed by atoms with Crippen molar-refractivity contribution >= 4 is 23.5 Å². The summed E-state index contributed by atoms with van der Waals surface area (Å²) in [6.45, 7) is 0.518. The van der Waals surface area contributed by atoms with Crippen molar-refractivity contribution in [3.8, 4) is 11.5 Å². The molecule has 0 saturated heterocycles. The first-order chi connectivity index (χ1) is 9.83. The first kappa shape index (κ1) is 12.8. The maximum absolute atomic E-state index is 6.18. The van der Waals surface area contributed by atoms with Crippen LogP contribution in [0.1, 0.15) is 0 Å². The largest absolute Gasteiger partial charge is 0.457 e. The SMILES string of the molecule is ClC1=CC=NCN1c1cccc(Oc2ccccc2)c1. The van der Waals surface area contributed by atoms with E-state index in [-0.39, 0.29) is 0 Å². The van der Waals surface area contributed by atoms with Crippen molar-refractivity contribution in [2.24, 2.45) is 4.99 Å². The van der Waals surface area contributed by atoms with Crippen molar-refractivity contribution < 1.29 is 4.74 Å². The second-order valence-electron chi connectivity index (χ2n) is 4.30. The van der Waals surface area contributed by atoms with Crippen molar-refractivity contribution in [3.63, 3.8) is 0 Å². The van der Waals surface area contributed by atoms with E-state index in [2.05, 4.69) is 4.99 Å². The molecule has 0 spiro atoms.